The zero-order valence-electron chi connectivity index (χ0n) is 13.0. The zero-order valence-corrected chi connectivity index (χ0v) is 13.0. The van der Waals surface area contributed by atoms with Gasteiger partial charge in [-0.3, -0.25) is 0 Å². The Morgan fingerprint density at radius 3 is 2.20 bits per heavy atom. The Hall–Kier alpha value is -1.60. The third-order valence-electron chi connectivity index (χ3n) is 4.03. The maximum absolute atomic E-state index is 3.46. The minimum atomic E-state index is 0.377. The summed E-state index contributed by atoms with van der Waals surface area (Å²) in [5.74, 6) is 0. The zero-order chi connectivity index (χ0) is 14.5. The quantitative estimate of drug-likeness (QED) is 0.848. The van der Waals surface area contributed by atoms with Crippen molar-refractivity contribution in [1.82, 2.24) is 5.32 Å². The molecule has 0 aliphatic carbocycles. The maximum Gasteiger partial charge on any atom is 0.0361 e. The van der Waals surface area contributed by atoms with Crippen LogP contribution in [0.25, 0.3) is 0 Å². The fourth-order valence-corrected chi connectivity index (χ4v) is 2.65. The van der Waals surface area contributed by atoms with Crippen LogP contribution in [-0.4, -0.2) is 7.05 Å². The summed E-state index contributed by atoms with van der Waals surface area (Å²) in [6.45, 7) is 6.55. The SMILES string of the molecule is CCc1ccc(CC(NC)c2cc(C)ccc2C)cc1. The summed E-state index contributed by atoms with van der Waals surface area (Å²) < 4.78 is 0. The van der Waals surface area contributed by atoms with Crippen LogP contribution in [0.2, 0.25) is 0 Å². The van der Waals surface area contributed by atoms with E-state index in [-0.39, 0.29) is 0 Å². The molecule has 0 radical (unpaired) electrons. The fraction of sp³-hybridized carbons (Fsp3) is 0.368. The number of nitrogens with one attached hydrogen (secondary N) is 1. The van der Waals surface area contributed by atoms with E-state index in [4.69, 9.17) is 0 Å². The summed E-state index contributed by atoms with van der Waals surface area (Å²) in [4.78, 5) is 0. The Bertz CT molecular complexity index is 554. The van der Waals surface area contributed by atoms with Crippen LogP contribution >= 0.6 is 0 Å². The van der Waals surface area contributed by atoms with Gasteiger partial charge in [-0.2, -0.15) is 0 Å². The van der Waals surface area contributed by atoms with Crippen LogP contribution in [0.1, 0.15) is 40.8 Å². The van der Waals surface area contributed by atoms with Crippen molar-refractivity contribution in [3.8, 4) is 0 Å². The topological polar surface area (TPSA) is 12.0 Å². The number of aryl methyl sites for hydroxylation is 3. The first-order chi connectivity index (χ1) is 9.63. The van der Waals surface area contributed by atoms with Crippen molar-refractivity contribution in [3.63, 3.8) is 0 Å². The molecule has 1 atom stereocenters. The van der Waals surface area contributed by atoms with Crippen LogP contribution in [0.15, 0.2) is 42.5 Å². The van der Waals surface area contributed by atoms with Crippen molar-refractivity contribution < 1.29 is 0 Å². The van der Waals surface area contributed by atoms with E-state index in [9.17, 15) is 0 Å². The number of hydrogen-bond acceptors (Lipinski definition) is 1. The third kappa shape index (κ3) is 3.49. The van der Waals surface area contributed by atoms with Gasteiger partial charge in [0.15, 0.2) is 0 Å². The normalized spacial score (nSPS) is 12.4. The van der Waals surface area contributed by atoms with Gasteiger partial charge in [0, 0.05) is 6.04 Å². The lowest BCUT2D eigenvalue weighted by atomic mass is 9.93. The monoisotopic (exact) mass is 267 g/mol. The molecule has 106 valence electrons. The Kier molecular flexibility index (Phi) is 4.97. The average molecular weight is 267 g/mol. The lowest BCUT2D eigenvalue weighted by molar-refractivity contribution is 0.588. The molecular formula is C19H25N. The molecule has 2 aromatic rings. The van der Waals surface area contributed by atoms with E-state index in [1.165, 1.54) is 27.8 Å². The standard InChI is InChI=1S/C19H25N/c1-5-16-8-10-17(11-9-16)13-19(20-4)18-12-14(2)6-7-15(18)3/h6-12,19-20H,5,13H2,1-4H3. The van der Waals surface area contributed by atoms with E-state index in [1.807, 2.05) is 7.05 Å². The summed E-state index contributed by atoms with van der Waals surface area (Å²) >= 11 is 0. The van der Waals surface area contributed by atoms with Crippen molar-refractivity contribution in [2.24, 2.45) is 0 Å². The molecule has 0 saturated carbocycles. The van der Waals surface area contributed by atoms with Crippen LogP contribution in [0, 0.1) is 13.8 Å². The van der Waals surface area contributed by atoms with Gasteiger partial charge in [0.2, 0.25) is 0 Å². The van der Waals surface area contributed by atoms with Crippen molar-refractivity contribution in [2.45, 2.75) is 39.7 Å². The van der Waals surface area contributed by atoms with Gasteiger partial charge in [-0.1, -0.05) is 55.0 Å². The molecule has 0 bridgehead atoms. The van der Waals surface area contributed by atoms with E-state index in [1.54, 1.807) is 0 Å². The lowest BCUT2D eigenvalue weighted by Gasteiger charge is -2.20. The smallest absolute Gasteiger partial charge is 0.0361 e. The molecule has 0 spiro atoms. The molecule has 20 heavy (non-hydrogen) atoms. The summed E-state index contributed by atoms with van der Waals surface area (Å²) in [6, 6.07) is 16.1. The van der Waals surface area contributed by atoms with E-state index in [0.29, 0.717) is 6.04 Å². The largest absolute Gasteiger partial charge is 0.313 e. The van der Waals surface area contributed by atoms with Crippen LogP contribution in [-0.2, 0) is 12.8 Å². The molecule has 0 fully saturated rings. The highest BCUT2D eigenvalue weighted by Crippen LogP contribution is 2.23. The van der Waals surface area contributed by atoms with E-state index >= 15 is 0 Å². The van der Waals surface area contributed by atoms with Gasteiger partial charge in [-0.15, -0.1) is 0 Å². The summed E-state index contributed by atoms with van der Waals surface area (Å²) in [7, 11) is 2.05. The molecule has 0 aliphatic heterocycles. The van der Waals surface area contributed by atoms with Crippen LogP contribution in [0.4, 0.5) is 0 Å². The minimum absolute atomic E-state index is 0.377. The molecule has 0 aromatic heterocycles. The van der Waals surface area contributed by atoms with Crippen LogP contribution in [0.5, 0.6) is 0 Å². The first kappa shape index (κ1) is 14.8. The van der Waals surface area contributed by atoms with Gasteiger partial charge in [-0.25, -0.2) is 0 Å². The summed E-state index contributed by atoms with van der Waals surface area (Å²) in [5.41, 5.74) is 6.89. The van der Waals surface area contributed by atoms with Crippen molar-refractivity contribution in [1.29, 1.82) is 0 Å². The average Bonchev–Trinajstić information content (AvgIpc) is 2.48. The lowest BCUT2D eigenvalue weighted by Crippen LogP contribution is -2.20. The van der Waals surface area contributed by atoms with Gasteiger partial charge in [0.05, 0.1) is 0 Å². The van der Waals surface area contributed by atoms with Crippen LogP contribution in [0.3, 0.4) is 0 Å². The summed E-state index contributed by atoms with van der Waals surface area (Å²) in [6.07, 6.45) is 2.14. The number of likely N-dealkylation sites (N-methyl/N-ethyl adjacent to an activating group) is 1. The molecule has 1 nitrogen and oxygen atoms in total. The first-order valence-electron chi connectivity index (χ1n) is 7.46. The number of hydrogen-bond donors (Lipinski definition) is 1. The maximum atomic E-state index is 3.46. The predicted molar refractivity (Wildman–Crippen MR) is 87.2 cm³/mol. The van der Waals surface area contributed by atoms with Crippen molar-refractivity contribution in [2.75, 3.05) is 7.05 Å². The third-order valence-corrected chi connectivity index (χ3v) is 4.03. The van der Waals surface area contributed by atoms with Crippen molar-refractivity contribution in [3.05, 3.63) is 70.3 Å². The molecule has 1 unspecified atom stereocenters. The highest BCUT2D eigenvalue weighted by molar-refractivity contribution is 5.34. The second-order valence-electron chi connectivity index (χ2n) is 5.58. The minimum Gasteiger partial charge on any atom is -0.313 e. The second-order valence-corrected chi connectivity index (χ2v) is 5.58. The highest BCUT2D eigenvalue weighted by atomic mass is 14.9. The Balaban J connectivity index is 2.21. The molecule has 1 heteroatoms. The van der Waals surface area contributed by atoms with Crippen molar-refractivity contribution >= 4 is 0 Å². The predicted octanol–water partition coefficient (Wildman–Crippen LogP) is 4.37. The fourth-order valence-electron chi connectivity index (χ4n) is 2.65. The molecule has 0 heterocycles. The summed E-state index contributed by atoms with van der Waals surface area (Å²) in [5, 5.41) is 3.46. The Morgan fingerprint density at radius 1 is 0.950 bits per heavy atom. The molecule has 1 N–H and O–H groups in total. The molecule has 2 rings (SSSR count). The van der Waals surface area contributed by atoms with E-state index < -0.39 is 0 Å². The van der Waals surface area contributed by atoms with Gasteiger partial charge >= 0.3 is 0 Å². The van der Waals surface area contributed by atoms with Gasteiger partial charge in [-0.05, 0) is 56.0 Å². The highest BCUT2D eigenvalue weighted by Gasteiger charge is 2.12. The van der Waals surface area contributed by atoms with Gasteiger partial charge in [0.25, 0.3) is 0 Å². The molecule has 0 aliphatic rings. The second kappa shape index (κ2) is 6.71. The van der Waals surface area contributed by atoms with E-state index in [0.717, 1.165) is 12.8 Å². The van der Waals surface area contributed by atoms with E-state index in [2.05, 4.69) is 68.6 Å². The molecule has 0 saturated heterocycles. The molecule has 0 amide bonds. The number of benzene rings is 2. The Morgan fingerprint density at radius 2 is 1.60 bits per heavy atom. The van der Waals surface area contributed by atoms with Gasteiger partial charge < -0.3 is 5.32 Å². The Labute approximate surface area is 123 Å². The molecular weight excluding hydrogens is 242 g/mol. The first-order valence-corrected chi connectivity index (χ1v) is 7.46. The number of rotatable bonds is 5. The molecule has 2 aromatic carbocycles. The van der Waals surface area contributed by atoms with Gasteiger partial charge in [0.1, 0.15) is 0 Å². The van der Waals surface area contributed by atoms with Crippen LogP contribution < -0.4 is 5.32 Å².